The number of nitrogens with zero attached hydrogens (tertiary/aromatic N) is 1. The predicted octanol–water partition coefficient (Wildman–Crippen LogP) is 9.14. The molecule has 0 bridgehead atoms. The van der Waals surface area contributed by atoms with Crippen molar-refractivity contribution in [3.63, 3.8) is 0 Å². The van der Waals surface area contributed by atoms with Crippen LogP contribution in [0.2, 0.25) is 0 Å². The Morgan fingerprint density at radius 3 is 1.84 bits per heavy atom. The summed E-state index contributed by atoms with van der Waals surface area (Å²) < 4.78 is 0. The van der Waals surface area contributed by atoms with E-state index in [0.717, 1.165) is 22.4 Å². The van der Waals surface area contributed by atoms with Crippen LogP contribution in [-0.4, -0.2) is 4.98 Å². The molecule has 38 heavy (non-hydrogen) atoms. The zero-order valence-electron chi connectivity index (χ0n) is 21.1. The second-order valence-corrected chi connectivity index (χ2v) is 8.66. The van der Waals surface area contributed by atoms with Crippen molar-refractivity contribution in [2.24, 2.45) is 0 Å². The van der Waals surface area contributed by atoms with Crippen LogP contribution < -0.4 is 0 Å². The van der Waals surface area contributed by atoms with E-state index >= 15 is 0 Å². The minimum Gasteiger partial charge on any atom is -0.305 e. The van der Waals surface area contributed by atoms with Crippen LogP contribution in [0.5, 0.6) is 0 Å². The molecule has 1 heterocycles. The summed E-state index contributed by atoms with van der Waals surface area (Å²) in [7, 11) is 0. The van der Waals surface area contributed by atoms with Crippen LogP contribution in [0.4, 0.5) is 0 Å². The molecule has 5 aromatic carbocycles. The summed E-state index contributed by atoms with van der Waals surface area (Å²) in [5.41, 5.74) is 10.3. The van der Waals surface area contributed by atoms with Crippen LogP contribution in [0.15, 0.2) is 140 Å². The van der Waals surface area contributed by atoms with E-state index in [4.69, 9.17) is 0 Å². The summed E-state index contributed by atoms with van der Waals surface area (Å²) in [6.45, 7) is 2.15. The van der Waals surface area contributed by atoms with Crippen LogP contribution in [-0.2, 0) is 20.1 Å². The molecule has 1 aromatic heterocycles. The predicted molar refractivity (Wildman–Crippen MR) is 154 cm³/mol. The van der Waals surface area contributed by atoms with Crippen molar-refractivity contribution < 1.29 is 20.1 Å². The van der Waals surface area contributed by atoms with Gasteiger partial charge in [-0.25, -0.2) is 11.1 Å². The second-order valence-electron chi connectivity index (χ2n) is 8.66. The third kappa shape index (κ3) is 6.81. The first-order valence-corrected chi connectivity index (χ1v) is 12.3. The molecule has 0 amide bonds. The molecule has 0 fully saturated rings. The van der Waals surface area contributed by atoms with E-state index in [2.05, 4.69) is 103 Å². The SMILES string of the molecule is Cc1cc(-c2[c-]ccc(-c3ccccc3)c2)[c-]cc1-c1ccccc1.[Ir+3].[c-]1ccccc1-c1ccccn1. The summed E-state index contributed by atoms with van der Waals surface area (Å²) in [5.74, 6) is 0. The molecule has 0 saturated heterocycles. The quantitative estimate of drug-likeness (QED) is 0.171. The van der Waals surface area contributed by atoms with E-state index in [-0.39, 0.29) is 20.1 Å². The molecule has 2 heteroatoms. The van der Waals surface area contributed by atoms with Crippen molar-refractivity contribution in [3.05, 3.63) is 163 Å². The van der Waals surface area contributed by atoms with Crippen molar-refractivity contribution >= 4 is 0 Å². The van der Waals surface area contributed by atoms with Gasteiger partial charge < -0.3 is 4.98 Å². The smallest absolute Gasteiger partial charge is 0.305 e. The first-order chi connectivity index (χ1) is 18.3. The minimum atomic E-state index is 0. The van der Waals surface area contributed by atoms with Crippen molar-refractivity contribution in [2.45, 2.75) is 6.92 Å². The van der Waals surface area contributed by atoms with Gasteiger partial charge in [0, 0.05) is 6.20 Å². The topological polar surface area (TPSA) is 12.9 Å². The molecule has 6 aromatic rings. The number of aromatic nitrogens is 1. The number of rotatable bonds is 4. The standard InChI is InChI=1S/C25H18.C11H8N.Ir/c1-19-17-24(15-16-25(19)21-11-6-3-7-12-21)23-14-8-13-22(18-23)20-9-4-2-5-10-20;1-2-6-10(7-3-1)11-8-4-5-9-12-11;/h2-13,16-18H,1H3;1-6,8-9H;/q-2;-1;+3. The van der Waals surface area contributed by atoms with Crippen LogP contribution in [0.3, 0.4) is 0 Å². The van der Waals surface area contributed by atoms with Crippen molar-refractivity contribution in [3.8, 4) is 44.6 Å². The zero-order chi connectivity index (χ0) is 25.3. The fourth-order valence-corrected chi connectivity index (χ4v) is 4.19. The van der Waals surface area contributed by atoms with Gasteiger partial charge in [-0.15, -0.1) is 59.2 Å². The van der Waals surface area contributed by atoms with Crippen molar-refractivity contribution in [1.29, 1.82) is 0 Å². The second kappa shape index (κ2) is 13.4. The number of pyridine rings is 1. The van der Waals surface area contributed by atoms with E-state index in [1.54, 1.807) is 6.20 Å². The molecule has 6 rings (SSSR count). The Bertz CT molecular complexity index is 1510. The largest absolute Gasteiger partial charge is 3.00 e. The Morgan fingerprint density at radius 2 is 1.18 bits per heavy atom. The maximum Gasteiger partial charge on any atom is 3.00 e. The summed E-state index contributed by atoms with van der Waals surface area (Å²) in [6.07, 6.45) is 1.79. The van der Waals surface area contributed by atoms with Crippen LogP contribution >= 0.6 is 0 Å². The molecule has 0 aliphatic carbocycles. The number of benzene rings is 5. The summed E-state index contributed by atoms with van der Waals surface area (Å²) in [4.78, 5) is 4.22. The van der Waals surface area contributed by atoms with Gasteiger partial charge in [0.25, 0.3) is 0 Å². The van der Waals surface area contributed by atoms with Gasteiger partial charge in [0.2, 0.25) is 0 Å². The fourth-order valence-electron chi connectivity index (χ4n) is 4.19. The monoisotopic (exact) mass is 665 g/mol. The van der Waals surface area contributed by atoms with Gasteiger partial charge in [0.15, 0.2) is 0 Å². The number of hydrogen-bond acceptors (Lipinski definition) is 1. The van der Waals surface area contributed by atoms with Crippen LogP contribution in [0.25, 0.3) is 44.6 Å². The Balaban J connectivity index is 0.000000218. The van der Waals surface area contributed by atoms with Gasteiger partial charge in [0.1, 0.15) is 0 Å². The maximum absolute atomic E-state index is 4.22. The molecule has 184 valence electrons. The third-order valence-electron chi connectivity index (χ3n) is 6.09. The molecular weight excluding hydrogens is 639 g/mol. The van der Waals surface area contributed by atoms with Gasteiger partial charge in [0.05, 0.1) is 0 Å². The molecule has 0 aliphatic heterocycles. The summed E-state index contributed by atoms with van der Waals surface area (Å²) in [5, 5.41) is 0. The molecule has 0 spiro atoms. The molecule has 0 radical (unpaired) electrons. The minimum absolute atomic E-state index is 0. The van der Waals surface area contributed by atoms with Crippen LogP contribution in [0.1, 0.15) is 5.56 Å². The van der Waals surface area contributed by atoms with Gasteiger partial charge >= 0.3 is 20.1 Å². The molecule has 0 aliphatic rings. The Morgan fingerprint density at radius 1 is 0.526 bits per heavy atom. The summed E-state index contributed by atoms with van der Waals surface area (Å²) >= 11 is 0. The van der Waals surface area contributed by atoms with Crippen LogP contribution in [0, 0.1) is 25.1 Å². The number of hydrogen-bond donors (Lipinski definition) is 0. The molecular formula is C36H26IrN. The third-order valence-corrected chi connectivity index (χ3v) is 6.09. The van der Waals surface area contributed by atoms with Crippen molar-refractivity contribution in [1.82, 2.24) is 4.98 Å². The average Bonchev–Trinajstić information content (AvgIpc) is 2.99. The Kier molecular flexibility index (Phi) is 9.53. The normalized spacial score (nSPS) is 10.0. The first-order valence-electron chi connectivity index (χ1n) is 12.3. The van der Waals surface area contributed by atoms with Gasteiger partial charge in [-0.3, -0.25) is 0 Å². The average molecular weight is 665 g/mol. The van der Waals surface area contributed by atoms with E-state index in [1.165, 1.54) is 27.8 Å². The van der Waals surface area contributed by atoms with E-state index in [0.29, 0.717) is 0 Å². The zero-order valence-corrected chi connectivity index (χ0v) is 23.5. The molecule has 0 saturated carbocycles. The maximum atomic E-state index is 4.22. The van der Waals surface area contributed by atoms with Crippen molar-refractivity contribution in [2.75, 3.05) is 0 Å². The van der Waals surface area contributed by atoms with E-state index in [9.17, 15) is 0 Å². The molecule has 1 nitrogen and oxygen atoms in total. The molecule has 0 N–H and O–H groups in total. The summed E-state index contributed by atoms with van der Waals surface area (Å²) in [6, 6.07) is 55.1. The van der Waals surface area contributed by atoms with Gasteiger partial charge in [-0.1, -0.05) is 90.8 Å². The Labute approximate surface area is 239 Å². The van der Waals surface area contributed by atoms with E-state index in [1.807, 2.05) is 60.7 Å². The molecule has 0 atom stereocenters. The van der Waals surface area contributed by atoms with Gasteiger partial charge in [-0.2, -0.15) is 30.3 Å². The fraction of sp³-hybridized carbons (Fsp3) is 0.0278. The van der Waals surface area contributed by atoms with Gasteiger partial charge in [-0.05, 0) is 17.3 Å². The Hall–Kier alpha value is -4.10. The molecule has 0 unspecified atom stereocenters. The number of aryl methyl sites for hydroxylation is 1. The van der Waals surface area contributed by atoms with E-state index < -0.39 is 0 Å². The first kappa shape index (κ1) is 26.9.